The van der Waals surface area contributed by atoms with Gasteiger partial charge < -0.3 is 9.97 Å². The first-order valence-electron chi connectivity index (χ1n) is 8.69. The van der Waals surface area contributed by atoms with Crippen LogP contribution in [0.4, 0.5) is 4.39 Å². The number of nitrogens with one attached hydrogen (secondary N) is 2. The lowest BCUT2D eigenvalue weighted by molar-refractivity contribution is 0.607. The van der Waals surface area contributed by atoms with Crippen LogP contribution in [0.2, 0.25) is 0 Å². The van der Waals surface area contributed by atoms with Crippen LogP contribution in [0.3, 0.4) is 0 Å². The van der Waals surface area contributed by atoms with Gasteiger partial charge in [0.15, 0.2) is 0 Å². The molecular formula is C23H17FN2. The molecule has 0 saturated heterocycles. The van der Waals surface area contributed by atoms with Crippen LogP contribution >= 0.6 is 0 Å². The Balaban J connectivity index is 1.83. The van der Waals surface area contributed by atoms with E-state index in [4.69, 9.17) is 0 Å². The Kier molecular flexibility index (Phi) is 3.39. The minimum atomic E-state index is -0.191. The van der Waals surface area contributed by atoms with Crippen molar-refractivity contribution < 1.29 is 4.39 Å². The molecule has 3 aromatic carbocycles. The van der Waals surface area contributed by atoms with Crippen LogP contribution in [0.5, 0.6) is 0 Å². The van der Waals surface area contributed by atoms with Crippen LogP contribution in [0.25, 0.3) is 21.8 Å². The zero-order valence-electron chi connectivity index (χ0n) is 14.0. The Labute approximate surface area is 150 Å². The standard InChI is InChI=1S/C23H17FN2/c24-20-10-4-1-9-17(20)23(18-13-25-21-11-5-2-7-15(18)21)19-14-26-22-12-6-3-8-16(19)22/h1-14,23,25-26H. The van der Waals surface area contributed by atoms with Crippen molar-refractivity contribution in [3.8, 4) is 0 Å². The Morgan fingerprint density at radius 1 is 0.577 bits per heavy atom. The van der Waals surface area contributed by atoms with E-state index in [1.54, 1.807) is 6.07 Å². The SMILES string of the molecule is Fc1ccccc1C(c1c[nH]c2ccccc12)c1c[nH]c2ccccc12. The van der Waals surface area contributed by atoms with Crippen LogP contribution in [0.15, 0.2) is 85.2 Å². The lowest BCUT2D eigenvalue weighted by atomic mass is 9.84. The molecule has 3 heteroatoms. The summed E-state index contributed by atoms with van der Waals surface area (Å²) < 4.78 is 14.8. The summed E-state index contributed by atoms with van der Waals surface area (Å²) in [6.45, 7) is 0. The molecule has 0 bridgehead atoms. The van der Waals surface area contributed by atoms with E-state index in [0.717, 1.165) is 32.9 Å². The highest BCUT2D eigenvalue weighted by molar-refractivity contribution is 5.89. The largest absolute Gasteiger partial charge is 0.361 e. The zero-order chi connectivity index (χ0) is 17.5. The van der Waals surface area contributed by atoms with Gasteiger partial charge in [-0.1, -0.05) is 54.6 Å². The Morgan fingerprint density at radius 2 is 1.08 bits per heavy atom. The highest BCUT2D eigenvalue weighted by Crippen LogP contribution is 2.40. The molecule has 2 nitrogen and oxygen atoms in total. The van der Waals surface area contributed by atoms with E-state index >= 15 is 0 Å². The van der Waals surface area contributed by atoms with Gasteiger partial charge in [0.05, 0.1) is 0 Å². The summed E-state index contributed by atoms with van der Waals surface area (Å²) in [6, 6.07) is 23.4. The monoisotopic (exact) mass is 340 g/mol. The molecule has 2 heterocycles. The highest BCUT2D eigenvalue weighted by Gasteiger charge is 2.25. The highest BCUT2D eigenvalue weighted by atomic mass is 19.1. The number of aromatic nitrogens is 2. The molecule has 0 radical (unpaired) electrons. The first-order valence-corrected chi connectivity index (χ1v) is 8.69. The number of H-pyrrole nitrogens is 2. The van der Waals surface area contributed by atoms with Gasteiger partial charge in [0, 0.05) is 40.1 Å². The smallest absolute Gasteiger partial charge is 0.127 e. The van der Waals surface area contributed by atoms with Crippen molar-refractivity contribution in [1.29, 1.82) is 0 Å². The van der Waals surface area contributed by atoms with Crippen LogP contribution in [0, 0.1) is 5.82 Å². The molecule has 0 aliphatic heterocycles. The molecule has 126 valence electrons. The van der Waals surface area contributed by atoms with Gasteiger partial charge in [-0.05, 0) is 34.9 Å². The van der Waals surface area contributed by atoms with E-state index in [1.807, 2.05) is 60.9 Å². The Hall–Kier alpha value is -3.33. The molecule has 0 amide bonds. The average molecular weight is 340 g/mol. The second-order valence-electron chi connectivity index (χ2n) is 6.53. The number of fused-ring (bicyclic) bond motifs is 2. The molecule has 0 saturated carbocycles. The molecule has 0 aliphatic carbocycles. The summed E-state index contributed by atoms with van der Waals surface area (Å²) in [7, 11) is 0. The number of aromatic amines is 2. The van der Waals surface area contributed by atoms with E-state index in [-0.39, 0.29) is 11.7 Å². The lowest BCUT2D eigenvalue weighted by Crippen LogP contribution is -2.04. The number of rotatable bonds is 3. The van der Waals surface area contributed by atoms with Crippen molar-refractivity contribution >= 4 is 21.8 Å². The molecule has 5 aromatic rings. The number of benzene rings is 3. The van der Waals surface area contributed by atoms with Crippen LogP contribution in [0.1, 0.15) is 22.6 Å². The minimum absolute atomic E-state index is 0.187. The topological polar surface area (TPSA) is 31.6 Å². The van der Waals surface area contributed by atoms with Crippen LogP contribution < -0.4 is 0 Å². The van der Waals surface area contributed by atoms with Gasteiger partial charge in [0.1, 0.15) is 5.82 Å². The van der Waals surface area contributed by atoms with Crippen molar-refractivity contribution in [2.75, 3.05) is 0 Å². The van der Waals surface area contributed by atoms with Gasteiger partial charge in [0.25, 0.3) is 0 Å². The summed E-state index contributed by atoms with van der Waals surface area (Å²) in [5, 5.41) is 2.23. The third-order valence-electron chi connectivity index (χ3n) is 5.08. The van der Waals surface area contributed by atoms with E-state index in [9.17, 15) is 4.39 Å². The number of halogens is 1. The van der Waals surface area contributed by atoms with Gasteiger partial charge >= 0.3 is 0 Å². The second-order valence-corrected chi connectivity index (χ2v) is 6.53. The molecule has 0 atom stereocenters. The van der Waals surface area contributed by atoms with Crippen molar-refractivity contribution in [2.45, 2.75) is 5.92 Å². The van der Waals surface area contributed by atoms with E-state index in [0.29, 0.717) is 5.56 Å². The van der Waals surface area contributed by atoms with E-state index < -0.39 is 0 Å². The first-order chi connectivity index (χ1) is 12.8. The minimum Gasteiger partial charge on any atom is -0.361 e. The quantitative estimate of drug-likeness (QED) is 0.405. The fraction of sp³-hybridized carbons (Fsp3) is 0.0435. The summed E-state index contributed by atoms with van der Waals surface area (Å²) in [6.07, 6.45) is 4.01. The molecule has 0 aliphatic rings. The Morgan fingerprint density at radius 3 is 1.65 bits per heavy atom. The maximum atomic E-state index is 14.8. The molecule has 2 N–H and O–H groups in total. The van der Waals surface area contributed by atoms with Crippen molar-refractivity contribution in [3.63, 3.8) is 0 Å². The molecular weight excluding hydrogens is 323 g/mol. The Bertz CT molecular complexity index is 1140. The number of hydrogen-bond donors (Lipinski definition) is 2. The van der Waals surface area contributed by atoms with Gasteiger partial charge in [-0.15, -0.1) is 0 Å². The number of para-hydroxylation sites is 2. The molecule has 0 spiro atoms. The molecule has 26 heavy (non-hydrogen) atoms. The average Bonchev–Trinajstić information content (AvgIpc) is 3.29. The fourth-order valence-electron chi connectivity index (χ4n) is 3.88. The number of hydrogen-bond acceptors (Lipinski definition) is 0. The fourth-order valence-corrected chi connectivity index (χ4v) is 3.88. The summed E-state index contributed by atoms with van der Waals surface area (Å²) in [4.78, 5) is 6.67. The third-order valence-corrected chi connectivity index (χ3v) is 5.08. The molecule has 0 fully saturated rings. The molecule has 5 rings (SSSR count). The molecule has 0 unspecified atom stereocenters. The van der Waals surface area contributed by atoms with Crippen molar-refractivity contribution in [3.05, 3.63) is 108 Å². The summed E-state index contributed by atoms with van der Waals surface area (Å²) in [5.74, 6) is -0.378. The second kappa shape index (κ2) is 5.88. The van der Waals surface area contributed by atoms with E-state index in [1.165, 1.54) is 6.07 Å². The maximum absolute atomic E-state index is 14.8. The third kappa shape index (κ3) is 2.25. The van der Waals surface area contributed by atoms with Gasteiger partial charge in [-0.2, -0.15) is 0 Å². The summed E-state index contributed by atoms with van der Waals surface area (Å²) >= 11 is 0. The van der Waals surface area contributed by atoms with Crippen LogP contribution in [-0.4, -0.2) is 9.97 Å². The normalized spacial score (nSPS) is 11.6. The van der Waals surface area contributed by atoms with E-state index in [2.05, 4.69) is 22.1 Å². The predicted octanol–water partition coefficient (Wildman–Crippen LogP) is 5.97. The molecule has 2 aromatic heterocycles. The van der Waals surface area contributed by atoms with Gasteiger partial charge in [-0.25, -0.2) is 4.39 Å². The zero-order valence-corrected chi connectivity index (χ0v) is 14.0. The van der Waals surface area contributed by atoms with Crippen molar-refractivity contribution in [1.82, 2.24) is 9.97 Å². The maximum Gasteiger partial charge on any atom is 0.127 e. The lowest BCUT2D eigenvalue weighted by Gasteiger charge is -2.18. The van der Waals surface area contributed by atoms with Crippen LogP contribution in [-0.2, 0) is 0 Å². The first kappa shape index (κ1) is 15.0. The van der Waals surface area contributed by atoms with Gasteiger partial charge in [-0.3, -0.25) is 0 Å². The summed E-state index contributed by atoms with van der Waals surface area (Å²) in [5.41, 5.74) is 4.96. The van der Waals surface area contributed by atoms with Gasteiger partial charge in [0.2, 0.25) is 0 Å². The van der Waals surface area contributed by atoms with Crippen molar-refractivity contribution in [2.24, 2.45) is 0 Å². The predicted molar refractivity (Wildman–Crippen MR) is 104 cm³/mol.